The summed E-state index contributed by atoms with van der Waals surface area (Å²) < 4.78 is 0. The van der Waals surface area contributed by atoms with Crippen LogP contribution in [0.5, 0.6) is 0 Å². The fourth-order valence-corrected chi connectivity index (χ4v) is 3.64. The van der Waals surface area contributed by atoms with Gasteiger partial charge in [-0.15, -0.1) is 0 Å². The van der Waals surface area contributed by atoms with Crippen LogP contribution in [-0.2, 0) is 17.8 Å². The molecule has 1 nitrogen and oxygen atoms in total. The summed E-state index contributed by atoms with van der Waals surface area (Å²) in [5.74, 6) is 0. The molecular formula is C15H14Cl3OPRh+. The number of hydrogen-bond acceptors (Lipinski definition) is 1. The van der Waals surface area contributed by atoms with Crippen molar-refractivity contribution in [3.05, 3.63) is 59.7 Å². The Hall–Kier alpha value is -0.187. The second kappa shape index (κ2) is 9.75. The van der Waals surface area contributed by atoms with Crippen molar-refractivity contribution in [2.45, 2.75) is 13.8 Å². The van der Waals surface area contributed by atoms with Crippen LogP contribution in [0.15, 0.2) is 48.5 Å². The number of carbonyl (C=O) groups excluding carboxylic acids is 1. The molecule has 0 N–H and O–H groups in total. The van der Waals surface area contributed by atoms with Gasteiger partial charge in [-0.1, -0.05) is 36.4 Å². The van der Waals surface area contributed by atoms with Gasteiger partial charge >= 0.3 is 47.7 Å². The van der Waals surface area contributed by atoms with Gasteiger partial charge in [0.1, 0.15) is 0 Å². The summed E-state index contributed by atoms with van der Waals surface area (Å²) in [7, 11) is 13.8. The number of halogens is 3. The van der Waals surface area contributed by atoms with Gasteiger partial charge in [-0.3, -0.25) is 0 Å². The standard InChI is InChI=1S/C15H14OP.3ClH.Rh/c1-12-7-3-5-9-14(12)17(11-16)15-10-6-4-8-13(15)2;;;;/h3-10H,1-2H3;3*1H;/q+1;;;;+3/p-3. The Morgan fingerprint density at radius 1 is 0.857 bits per heavy atom. The van der Waals surface area contributed by atoms with Gasteiger partial charge in [0, 0.05) is 11.1 Å². The zero-order valence-electron chi connectivity index (χ0n) is 11.4. The molecule has 0 radical (unpaired) electrons. The second-order valence-electron chi connectivity index (χ2n) is 4.14. The second-order valence-corrected chi connectivity index (χ2v) is 13.4. The molecule has 6 heteroatoms. The molecule has 2 aromatic carbocycles. The topological polar surface area (TPSA) is 17.1 Å². The minimum absolute atomic E-state index is 0.996. The van der Waals surface area contributed by atoms with E-state index in [-0.39, 0.29) is 0 Å². The van der Waals surface area contributed by atoms with E-state index in [0.29, 0.717) is 0 Å². The van der Waals surface area contributed by atoms with Crippen molar-refractivity contribution in [3.63, 3.8) is 0 Å². The average molecular weight is 451 g/mol. The molecule has 0 aliphatic heterocycles. The Bertz CT molecular complexity index is 605. The van der Waals surface area contributed by atoms with Crippen LogP contribution >= 0.6 is 36.6 Å². The number of rotatable bonds is 2. The number of aryl methyl sites for hydroxylation is 2. The van der Waals surface area contributed by atoms with Crippen molar-refractivity contribution in [1.29, 1.82) is 0 Å². The van der Waals surface area contributed by atoms with Crippen molar-refractivity contribution in [2.75, 3.05) is 0 Å². The first-order chi connectivity index (χ1) is 9.97. The molecule has 0 amide bonds. The van der Waals surface area contributed by atoms with Crippen LogP contribution in [0.3, 0.4) is 0 Å². The predicted molar refractivity (Wildman–Crippen MR) is 91.8 cm³/mol. The van der Waals surface area contributed by atoms with E-state index in [2.05, 4.69) is 5.66 Å². The van der Waals surface area contributed by atoms with Crippen LogP contribution in [0.2, 0.25) is 0 Å². The van der Waals surface area contributed by atoms with Gasteiger partial charge in [0.25, 0.3) is 7.55 Å². The molecule has 0 fully saturated rings. The Labute approximate surface area is 143 Å². The molecular weight excluding hydrogens is 436 g/mol. The average Bonchev–Trinajstić information content (AvgIpc) is 2.43. The summed E-state index contributed by atoms with van der Waals surface area (Å²) in [4.78, 5) is 11.3. The number of benzene rings is 2. The predicted octanol–water partition coefficient (Wildman–Crippen LogP) is 4.87. The van der Waals surface area contributed by atoms with Crippen LogP contribution < -0.4 is 10.6 Å². The minimum atomic E-state index is -1.66. The first-order valence-corrected chi connectivity index (χ1v) is 13.6. The first kappa shape index (κ1) is 18.9. The summed E-state index contributed by atoms with van der Waals surface area (Å²) >= 11 is -1.66. The molecule has 114 valence electrons. The van der Waals surface area contributed by atoms with Crippen LogP contribution in [0.4, 0.5) is 0 Å². The fraction of sp³-hybridized carbons (Fsp3) is 0.133. The Kier molecular flexibility index (Phi) is 8.76. The van der Waals surface area contributed by atoms with E-state index in [1.54, 1.807) is 0 Å². The van der Waals surface area contributed by atoms with Gasteiger partial charge in [-0.05, 0) is 26.0 Å². The zero-order valence-corrected chi connectivity index (χ0v) is 16.2. The third-order valence-electron chi connectivity index (χ3n) is 2.80. The molecule has 2 rings (SSSR count). The Morgan fingerprint density at radius 3 is 1.48 bits per heavy atom. The third-order valence-corrected chi connectivity index (χ3v) is 4.95. The summed E-state index contributed by atoms with van der Waals surface area (Å²) in [5, 5.41) is 2.21. The van der Waals surface area contributed by atoms with Gasteiger partial charge in [0.15, 0.2) is 10.6 Å². The Morgan fingerprint density at radius 2 is 1.19 bits per heavy atom. The van der Waals surface area contributed by atoms with Crippen molar-refractivity contribution in [3.8, 4) is 0 Å². The van der Waals surface area contributed by atoms with Gasteiger partial charge in [0.2, 0.25) is 0 Å². The maximum atomic E-state index is 11.3. The molecule has 0 spiro atoms. The van der Waals surface area contributed by atoms with E-state index in [1.165, 1.54) is 0 Å². The molecule has 0 bridgehead atoms. The van der Waals surface area contributed by atoms with Gasteiger partial charge in [-0.25, -0.2) is 0 Å². The summed E-state index contributed by atoms with van der Waals surface area (Å²) in [6.07, 6.45) is 0. The normalized spacial score (nSPS) is 10.0. The van der Waals surface area contributed by atoms with E-state index in [1.807, 2.05) is 62.4 Å². The fourth-order valence-electron chi connectivity index (χ4n) is 1.86. The number of hydrogen-bond donors (Lipinski definition) is 0. The summed E-state index contributed by atoms with van der Waals surface area (Å²) in [6, 6.07) is 16.1. The van der Waals surface area contributed by atoms with Gasteiger partial charge in [-0.2, -0.15) is 4.79 Å². The van der Waals surface area contributed by atoms with Crippen molar-refractivity contribution >= 4 is 52.9 Å². The molecule has 2 aromatic rings. The van der Waals surface area contributed by atoms with E-state index in [0.717, 1.165) is 21.7 Å². The first-order valence-electron chi connectivity index (χ1n) is 5.91. The van der Waals surface area contributed by atoms with Gasteiger partial charge < -0.3 is 0 Å². The molecule has 0 unspecified atom stereocenters. The third kappa shape index (κ3) is 6.21. The van der Waals surface area contributed by atoms with Crippen LogP contribution in [-0.4, -0.2) is 5.66 Å². The van der Waals surface area contributed by atoms with Gasteiger partial charge in [0.05, 0.1) is 0 Å². The SMILES string of the molecule is Cc1ccccc1[P+](=C=O)c1ccccc1C.[Cl][Rh]([Cl])[Cl]. The monoisotopic (exact) mass is 449 g/mol. The summed E-state index contributed by atoms with van der Waals surface area (Å²) in [5.41, 5.74) is 4.55. The molecule has 0 atom stereocenters. The molecule has 0 heterocycles. The van der Waals surface area contributed by atoms with Crippen LogP contribution in [0.25, 0.3) is 0 Å². The zero-order chi connectivity index (χ0) is 15.8. The molecule has 0 aromatic heterocycles. The van der Waals surface area contributed by atoms with Crippen molar-refractivity contribution in [1.82, 2.24) is 0 Å². The van der Waals surface area contributed by atoms with E-state index in [4.69, 9.17) is 29.1 Å². The van der Waals surface area contributed by atoms with E-state index in [9.17, 15) is 4.79 Å². The van der Waals surface area contributed by atoms with E-state index < -0.39 is 20.5 Å². The molecule has 0 aliphatic carbocycles. The Balaban J connectivity index is 0.000000491. The maximum absolute atomic E-state index is 11.3. The summed E-state index contributed by atoms with van der Waals surface area (Å²) in [6.45, 7) is 4.08. The molecule has 21 heavy (non-hydrogen) atoms. The van der Waals surface area contributed by atoms with Crippen LogP contribution in [0.1, 0.15) is 11.1 Å². The molecule has 0 saturated carbocycles. The molecule has 0 aliphatic rings. The van der Waals surface area contributed by atoms with E-state index >= 15 is 0 Å². The molecule has 0 saturated heterocycles. The van der Waals surface area contributed by atoms with Crippen LogP contribution in [0, 0.1) is 13.8 Å². The van der Waals surface area contributed by atoms with Crippen molar-refractivity contribution in [2.24, 2.45) is 0 Å². The van der Waals surface area contributed by atoms with Crippen molar-refractivity contribution < 1.29 is 17.8 Å². The quantitative estimate of drug-likeness (QED) is 0.471.